The summed E-state index contributed by atoms with van der Waals surface area (Å²) < 4.78 is 29.6. The first-order valence-electron chi connectivity index (χ1n) is 7.44. The number of pyridine rings is 1. The van der Waals surface area contributed by atoms with Crippen LogP contribution in [-0.2, 0) is 0 Å². The van der Waals surface area contributed by atoms with Crippen LogP contribution in [0.15, 0.2) is 42.7 Å². The number of amides is 2. The summed E-state index contributed by atoms with van der Waals surface area (Å²) >= 11 is 0. The number of urea groups is 1. The highest BCUT2D eigenvalue weighted by atomic mass is 19.3. The molecule has 128 valence electrons. The Balaban J connectivity index is 1.97. The highest BCUT2D eigenvalue weighted by Crippen LogP contribution is 2.23. The zero-order chi connectivity index (χ0) is 17.5. The van der Waals surface area contributed by atoms with Crippen LogP contribution in [0.25, 0.3) is 0 Å². The fourth-order valence-corrected chi connectivity index (χ4v) is 2.07. The van der Waals surface area contributed by atoms with Crippen molar-refractivity contribution in [1.82, 2.24) is 10.3 Å². The molecular formula is C17H19F2N3O2. The Labute approximate surface area is 139 Å². The third-order valence-corrected chi connectivity index (χ3v) is 3.34. The van der Waals surface area contributed by atoms with Crippen molar-refractivity contribution in [3.63, 3.8) is 0 Å². The van der Waals surface area contributed by atoms with Gasteiger partial charge in [-0.15, -0.1) is 0 Å². The lowest BCUT2D eigenvalue weighted by Crippen LogP contribution is -2.31. The molecule has 1 aromatic carbocycles. The molecule has 1 aromatic heterocycles. The minimum atomic E-state index is -2.55. The molecule has 2 aromatic rings. The van der Waals surface area contributed by atoms with E-state index in [1.165, 1.54) is 6.07 Å². The number of rotatable bonds is 6. The van der Waals surface area contributed by atoms with Gasteiger partial charge in [-0.1, -0.05) is 12.1 Å². The number of anilines is 1. The van der Waals surface area contributed by atoms with Crippen molar-refractivity contribution < 1.29 is 18.3 Å². The molecule has 7 heteroatoms. The first-order chi connectivity index (χ1) is 11.5. The third-order valence-electron chi connectivity index (χ3n) is 3.34. The smallest absolute Gasteiger partial charge is 0.319 e. The second-order valence-electron chi connectivity index (χ2n) is 5.29. The van der Waals surface area contributed by atoms with Gasteiger partial charge in [-0.3, -0.25) is 4.98 Å². The number of alkyl halides is 2. The molecule has 0 aliphatic heterocycles. The number of nitrogens with one attached hydrogen (secondary N) is 2. The monoisotopic (exact) mass is 335 g/mol. The van der Waals surface area contributed by atoms with Gasteiger partial charge in [0.05, 0.1) is 6.04 Å². The number of aryl methyl sites for hydroxylation is 1. The second-order valence-corrected chi connectivity index (χ2v) is 5.29. The van der Waals surface area contributed by atoms with Crippen LogP contribution in [-0.4, -0.2) is 24.0 Å². The molecule has 0 unspecified atom stereocenters. The normalized spacial score (nSPS) is 11.9. The van der Waals surface area contributed by atoms with E-state index in [0.717, 1.165) is 5.56 Å². The van der Waals surface area contributed by atoms with Crippen LogP contribution in [0.2, 0.25) is 0 Å². The predicted octanol–water partition coefficient (Wildman–Crippen LogP) is 3.92. The van der Waals surface area contributed by atoms with Crippen LogP contribution in [0.4, 0.5) is 19.3 Å². The number of hydrogen-bond acceptors (Lipinski definition) is 3. The van der Waals surface area contributed by atoms with Crippen LogP contribution in [0.3, 0.4) is 0 Å². The minimum absolute atomic E-state index is 0.223. The zero-order valence-electron chi connectivity index (χ0n) is 13.4. The van der Waals surface area contributed by atoms with Crippen LogP contribution < -0.4 is 15.4 Å². The first kappa shape index (κ1) is 17.7. The highest BCUT2D eigenvalue weighted by Gasteiger charge is 2.11. The van der Waals surface area contributed by atoms with Gasteiger partial charge in [0.25, 0.3) is 6.43 Å². The van der Waals surface area contributed by atoms with E-state index in [2.05, 4.69) is 15.6 Å². The SMILES string of the molecule is Cc1ccc(NC(=O)N[C@@H](C)c2cccnc2)cc1OCC(F)F. The van der Waals surface area contributed by atoms with Crippen LogP contribution in [0, 0.1) is 6.92 Å². The molecule has 0 saturated carbocycles. The molecular weight excluding hydrogens is 316 g/mol. The number of halogens is 2. The van der Waals surface area contributed by atoms with Gasteiger partial charge in [0.2, 0.25) is 0 Å². The van der Waals surface area contributed by atoms with Gasteiger partial charge in [-0.2, -0.15) is 0 Å². The van der Waals surface area contributed by atoms with Gasteiger partial charge in [-0.25, -0.2) is 13.6 Å². The van der Waals surface area contributed by atoms with Gasteiger partial charge in [0.15, 0.2) is 0 Å². The number of nitrogens with zero attached hydrogens (tertiary/aromatic N) is 1. The standard InChI is InChI=1S/C17H19F2N3O2/c1-11-5-6-14(8-15(11)24-10-16(18)19)22-17(23)21-12(2)13-4-3-7-20-9-13/h3-9,12,16H,10H2,1-2H3,(H2,21,22,23)/t12-/m0/s1. The Kier molecular flexibility index (Phi) is 6.06. The average Bonchev–Trinajstić information content (AvgIpc) is 2.56. The molecule has 0 saturated heterocycles. The van der Waals surface area contributed by atoms with Gasteiger partial charge in [-0.05, 0) is 37.1 Å². The molecule has 0 aliphatic carbocycles. The molecule has 1 heterocycles. The first-order valence-corrected chi connectivity index (χ1v) is 7.44. The van der Waals surface area contributed by atoms with Crippen molar-refractivity contribution in [2.75, 3.05) is 11.9 Å². The molecule has 0 fully saturated rings. The van der Waals surface area contributed by atoms with E-state index in [1.54, 1.807) is 37.5 Å². The van der Waals surface area contributed by atoms with Gasteiger partial charge >= 0.3 is 6.03 Å². The van der Waals surface area contributed by atoms with Crippen molar-refractivity contribution >= 4 is 11.7 Å². The Morgan fingerprint density at radius 2 is 2.12 bits per heavy atom. The maximum Gasteiger partial charge on any atom is 0.319 e. The van der Waals surface area contributed by atoms with Crippen molar-refractivity contribution in [3.8, 4) is 5.75 Å². The average molecular weight is 335 g/mol. The van der Waals surface area contributed by atoms with Crippen molar-refractivity contribution in [2.24, 2.45) is 0 Å². The Bertz CT molecular complexity index is 681. The summed E-state index contributed by atoms with van der Waals surface area (Å²) in [5, 5.41) is 5.44. The summed E-state index contributed by atoms with van der Waals surface area (Å²) in [6.07, 6.45) is 0.779. The molecule has 2 amide bonds. The minimum Gasteiger partial charge on any atom is -0.487 e. The Hall–Kier alpha value is -2.70. The molecule has 5 nitrogen and oxygen atoms in total. The summed E-state index contributed by atoms with van der Waals surface area (Å²) in [6, 6.07) is 7.91. The summed E-state index contributed by atoms with van der Waals surface area (Å²) in [5.74, 6) is 0.313. The number of carbonyl (C=O) groups is 1. The van der Waals surface area contributed by atoms with E-state index in [1.807, 2.05) is 13.0 Å². The van der Waals surface area contributed by atoms with Gasteiger partial charge in [0, 0.05) is 24.1 Å². The number of aromatic nitrogens is 1. The van der Waals surface area contributed by atoms with E-state index in [9.17, 15) is 13.6 Å². The fourth-order valence-electron chi connectivity index (χ4n) is 2.07. The zero-order valence-corrected chi connectivity index (χ0v) is 13.4. The Morgan fingerprint density at radius 3 is 2.79 bits per heavy atom. The van der Waals surface area contributed by atoms with Crippen LogP contribution in [0.5, 0.6) is 5.75 Å². The lowest BCUT2D eigenvalue weighted by atomic mass is 10.1. The maximum atomic E-state index is 12.3. The quantitative estimate of drug-likeness (QED) is 0.841. The summed E-state index contributed by atoms with van der Waals surface area (Å²) in [6.45, 7) is 2.90. The molecule has 24 heavy (non-hydrogen) atoms. The number of carbonyl (C=O) groups excluding carboxylic acids is 1. The van der Waals surface area contributed by atoms with Gasteiger partial charge in [0.1, 0.15) is 12.4 Å². The summed E-state index contributed by atoms with van der Waals surface area (Å²) in [5.41, 5.74) is 2.05. The van der Waals surface area contributed by atoms with Crippen LogP contribution >= 0.6 is 0 Å². The Morgan fingerprint density at radius 1 is 1.33 bits per heavy atom. The van der Waals surface area contributed by atoms with Crippen molar-refractivity contribution in [1.29, 1.82) is 0 Å². The molecule has 2 rings (SSSR count). The number of benzene rings is 1. The van der Waals surface area contributed by atoms with E-state index in [-0.39, 0.29) is 6.04 Å². The molecule has 0 radical (unpaired) electrons. The topological polar surface area (TPSA) is 63.2 Å². The highest BCUT2D eigenvalue weighted by molar-refractivity contribution is 5.89. The largest absolute Gasteiger partial charge is 0.487 e. The lowest BCUT2D eigenvalue weighted by Gasteiger charge is -2.15. The summed E-state index contributed by atoms with van der Waals surface area (Å²) in [4.78, 5) is 16.1. The molecule has 0 spiro atoms. The molecule has 2 N–H and O–H groups in total. The maximum absolute atomic E-state index is 12.3. The molecule has 1 atom stereocenters. The third kappa shape index (κ3) is 5.19. The fraction of sp³-hybridized carbons (Fsp3) is 0.294. The molecule has 0 aliphatic rings. The number of hydrogen-bond donors (Lipinski definition) is 2. The van der Waals surface area contributed by atoms with E-state index in [4.69, 9.17) is 4.74 Å². The van der Waals surface area contributed by atoms with E-state index >= 15 is 0 Å². The molecule has 0 bridgehead atoms. The van der Waals surface area contributed by atoms with Crippen molar-refractivity contribution in [2.45, 2.75) is 26.3 Å². The number of ether oxygens (including phenoxy) is 1. The van der Waals surface area contributed by atoms with E-state index < -0.39 is 19.1 Å². The van der Waals surface area contributed by atoms with Gasteiger partial charge < -0.3 is 15.4 Å². The lowest BCUT2D eigenvalue weighted by molar-refractivity contribution is 0.0816. The van der Waals surface area contributed by atoms with Crippen LogP contribution in [0.1, 0.15) is 24.1 Å². The predicted molar refractivity (Wildman–Crippen MR) is 87.5 cm³/mol. The van der Waals surface area contributed by atoms with Crippen molar-refractivity contribution in [3.05, 3.63) is 53.9 Å². The summed E-state index contributed by atoms with van der Waals surface area (Å²) in [7, 11) is 0. The second kappa shape index (κ2) is 8.24. The van der Waals surface area contributed by atoms with E-state index in [0.29, 0.717) is 17.0 Å².